The SMILES string of the molecule is COc1ccc2c(O[C@@H]3C[C@H]4C(=O)N[C@]5(C(=O)NS(=O)(=O)C6CC6)C[C@H]5CCCCCOC[C@H](NC(=O)OC(C)(C)C)C(=O)N4C3)nc(-n3cccn3)cc2c1. The van der Waals surface area contributed by atoms with E-state index >= 15 is 0 Å². The number of benzene rings is 1. The molecule has 4 amide bonds. The smallest absolute Gasteiger partial charge is 0.408 e. The van der Waals surface area contributed by atoms with Gasteiger partial charge in [-0.25, -0.2) is 17.9 Å². The summed E-state index contributed by atoms with van der Waals surface area (Å²) in [6.07, 6.45) is 5.60. The van der Waals surface area contributed by atoms with Crippen molar-refractivity contribution in [2.75, 3.05) is 26.9 Å². The summed E-state index contributed by atoms with van der Waals surface area (Å²) in [5, 5.41) is 10.6. The number of carbonyl (C=O) groups is 4. The first-order chi connectivity index (χ1) is 26.7. The van der Waals surface area contributed by atoms with Gasteiger partial charge in [-0.15, -0.1) is 0 Å². The van der Waals surface area contributed by atoms with E-state index < -0.39 is 68.4 Å². The second-order valence-corrected chi connectivity index (χ2v) is 17.9. The number of ether oxygens (including phenoxy) is 4. The summed E-state index contributed by atoms with van der Waals surface area (Å²) in [4.78, 5) is 61.9. The zero-order chi connectivity index (χ0) is 39.8. The van der Waals surface area contributed by atoms with E-state index in [2.05, 4.69) is 20.5 Å². The lowest BCUT2D eigenvalue weighted by Crippen LogP contribution is -2.59. The Morgan fingerprint density at radius 2 is 1.89 bits per heavy atom. The highest BCUT2D eigenvalue weighted by molar-refractivity contribution is 7.91. The number of hydrogen-bond donors (Lipinski definition) is 3. The highest BCUT2D eigenvalue weighted by atomic mass is 32.2. The molecule has 1 aromatic carbocycles. The van der Waals surface area contributed by atoms with Gasteiger partial charge < -0.3 is 34.5 Å². The molecule has 302 valence electrons. The summed E-state index contributed by atoms with van der Waals surface area (Å²) in [7, 11) is -2.33. The third-order valence-corrected chi connectivity index (χ3v) is 12.3. The fourth-order valence-corrected chi connectivity index (χ4v) is 8.77. The summed E-state index contributed by atoms with van der Waals surface area (Å²) in [6, 6.07) is 6.60. The van der Waals surface area contributed by atoms with Crippen LogP contribution in [0.25, 0.3) is 16.6 Å². The quantitative estimate of drug-likeness (QED) is 0.301. The lowest BCUT2D eigenvalue weighted by molar-refractivity contribution is -0.142. The van der Waals surface area contributed by atoms with Crippen LogP contribution < -0.4 is 24.8 Å². The van der Waals surface area contributed by atoms with E-state index in [9.17, 15) is 27.6 Å². The van der Waals surface area contributed by atoms with E-state index in [0.29, 0.717) is 55.7 Å². The number of fused-ring (bicyclic) bond motifs is 3. The predicted molar refractivity (Wildman–Crippen MR) is 201 cm³/mol. The van der Waals surface area contributed by atoms with E-state index in [1.54, 1.807) is 63.2 Å². The van der Waals surface area contributed by atoms with Gasteiger partial charge >= 0.3 is 6.09 Å². The van der Waals surface area contributed by atoms with Crippen LogP contribution in [-0.4, -0.2) is 113 Å². The molecule has 3 aromatic rings. The fraction of sp³-hybridized carbons (Fsp3) is 0.579. The summed E-state index contributed by atoms with van der Waals surface area (Å²) in [5.74, 6) is -1.04. The zero-order valence-corrected chi connectivity index (χ0v) is 32.8. The normalized spacial score (nSPS) is 26.2. The number of methoxy groups -OCH3 is 1. The molecule has 17 nitrogen and oxygen atoms in total. The fourth-order valence-electron chi connectivity index (χ4n) is 7.41. The molecular formula is C38H49N7O10S. The molecule has 0 bridgehead atoms. The van der Waals surface area contributed by atoms with Gasteiger partial charge in [0.2, 0.25) is 27.7 Å². The molecule has 4 aliphatic rings. The van der Waals surface area contributed by atoms with Gasteiger partial charge in [-0.3, -0.25) is 19.1 Å². The number of nitrogens with one attached hydrogen (secondary N) is 3. The highest BCUT2D eigenvalue weighted by Gasteiger charge is 2.62. The van der Waals surface area contributed by atoms with Crippen LogP contribution in [0.5, 0.6) is 11.6 Å². The van der Waals surface area contributed by atoms with E-state index in [4.69, 9.17) is 23.9 Å². The van der Waals surface area contributed by atoms with Gasteiger partial charge in [0.25, 0.3) is 5.91 Å². The van der Waals surface area contributed by atoms with Crippen molar-refractivity contribution < 1.29 is 46.5 Å². The first kappa shape index (κ1) is 39.3. The molecule has 5 atom stereocenters. The van der Waals surface area contributed by atoms with Crippen LogP contribution in [0, 0.1) is 5.92 Å². The van der Waals surface area contributed by atoms with Gasteiger partial charge in [0.15, 0.2) is 5.82 Å². The third-order valence-electron chi connectivity index (χ3n) is 10.5. The number of pyridine rings is 1. The molecular weight excluding hydrogens is 747 g/mol. The minimum atomic E-state index is -3.90. The van der Waals surface area contributed by atoms with Crippen LogP contribution in [0.15, 0.2) is 42.7 Å². The maximum absolute atomic E-state index is 14.5. The van der Waals surface area contributed by atoms with Crippen molar-refractivity contribution in [1.29, 1.82) is 0 Å². The maximum atomic E-state index is 14.5. The Kier molecular flexibility index (Phi) is 10.9. The molecule has 7 rings (SSSR count). The zero-order valence-electron chi connectivity index (χ0n) is 32.0. The van der Waals surface area contributed by atoms with E-state index in [1.807, 2.05) is 12.1 Å². The minimum Gasteiger partial charge on any atom is -0.497 e. The summed E-state index contributed by atoms with van der Waals surface area (Å²) in [6.45, 7) is 5.14. The van der Waals surface area contributed by atoms with Crippen LogP contribution in [0.1, 0.15) is 72.1 Å². The average molecular weight is 796 g/mol. The van der Waals surface area contributed by atoms with Crippen LogP contribution >= 0.6 is 0 Å². The van der Waals surface area contributed by atoms with Crippen LogP contribution in [0.3, 0.4) is 0 Å². The number of carbonyl (C=O) groups excluding carboxylic acids is 4. The van der Waals surface area contributed by atoms with Crippen molar-refractivity contribution in [2.45, 2.75) is 107 Å². The van der Waals surface area contributed by atoms with Crippen molar-refractivity contribution in [2.24, 2.45) is 5.92 Å². The molecule has 2 saturated carbocycles. The Hall–Kier alpha value is -4.97. The summed E-state index contributed by atoms with van der Waals surface area (Å²) >= 11 is 0. The molecule has 0 unspecified atom stereocenters. The number of rotatable bonds is 8. The molecule has 2 aliphatic heterocycles. The van der Waals surface area contributed by atoms with Crippen molar-refractivity contribution in [3.05, 3.63) is 42.7 Å². The molecule has 3 N–H and O–H groups in total. The number of hydrogen-bond acceptors (Lipinski definition) is 12. The third kappa shape index (κ3) is 8.70. The Morgan fingerprint density at radius 1 is 1.09 bits per heavy atom. The molecule has 2 aliphatic carbocycles. The second-order valence-electron chi connectivity index (χ2n) is 16.0. The molecule has 56 heavy (non-hydrogen) atoms. The average Bonchev–Trinajstić information content (AvgIpc) is 4.00. The second kappa shape index (κ2) is 15.5. The van der Waals surface area contributed by atoms with Crippen LogP contribution in [0.4, 0.5) is 4.79 Å². The highest BCUT2D eigenvalue weighted by Crippen LogP contribution is 2.48. The molecule has 4 heterocycles. The summed E-state index contributed by atoms with van der Waals surface area (Å²) in [5.41, 5.74) is -2.32. The maximum Gasteiger partial charge on any atom is 0.408 e. The Bertz CT molecular complexity index is 2090. The number of aromatic nitrogens is 3. The van der Waals surface area contributed by atoms with Gasteiger partial charge in [-0.05, 0) is 94.5 Å². The number of sulfonamides is 1. The topological polar surface area (TPSA) is 209 Å². The Morgan fingerprint density at radius 3 is 2.61 bits per heavy atom. The predicted octanol–water partition coefficient (Wildman–Crippen LogP) is 2.74. The first-order valence-corrected chi connectivity index (χ1v) is 20.6. The first-order valence-electron chi connectivity index (χ1n) is 19.1. The largest absolute Gasteiger partial charge is 0.497 e. The molecule has 4 fully saturated rings. The molecule has 0 spiro atoms. The minimum absolute atomic E-state index is 0.00828. The lowest BCUT2D eigenvalue weighted by atomic mass is 10.1. The van der Waals surface area contributed by atoms with E-state index in [-0.39, 0.29) is 37.8 Å². The van der Waals surface area contributed by atoms with Gasteiger partial charge in [0, 0.05) is 30.8 Å². The van der Waals surface area contributed by atoms with Crippen molar-refractivity contribution in [3.8, 4) is 17.4 Å². The number of amides is 4. The Balaban J connectivity index is 1.22. The van der Waals surface area contributed by atoms with Gasteiger partial charge in [-0.2, -0.15) is 10.1 Å². The van der Waals surface area contributed by atoms with E-state index in [1.165, 1.54) is 4.90 Å². The standard InChI is InChI=1S/C38H49N7O10S/c1-37(2,3)55-36(49)40-29-22-53-16-7-5-6-9-24-20-38(24,35(48)43-56(50,51)27-11-12-27)42-32(46)30-19-26(21-44(30)34(29)47)54-33-28-13-10-25(52-4)17-23(28)18-31(41-33)45-15-8-14-39-45/h8,10,13-15,17-18,24,26-27,29-30H,5-7,9,11-12,16,19-22H2,1-4H3,(H,40,49)(H,42,46)(H,43,48)/t24-,26-,29+,30+,38-/m1/s1. The van der Waals surface area contributed by atoms with Gasteiger partial charge in [0.1, 0.15) is 35.1 Å². The van der Waals surface area contributed by atoms with Crippen LogP contribution in [0.2, 0.25) is 0 Å². The Labute approximate surface area is 325 Å². The number of alkyl carbamates (subject to hydrolysis) is 1. The monoisotopic (exact) mass is 795 g/mol. The molecule has 2 aromatic heterocycles. The van der Waals surface area contributed by atoms with Crippen molar-refractivity contribution in [1.82, 2.24) is 35.0 Å². The van der Waals surface area contributed by atoms with Crippen molar-refractivity contribution >= 4 is 44.6 Å². The molecule has 2 saturated heterocycles. The summed E-state index contributed by atoms with van der Waals surface area (Å²) < 4.78 is 53.0. The lowest BCUT2D eigenvalue weighted by Gasteiger charge is -2.30. The van der Waals surface area contributed by atoms with Gasteiger partial charge in [-0.1, -0.05) is 12.8 Å². The molecule has 0 radical (unpaired) electrons. The van der Waals surface area contributed by atoms with Crippen LogP contribution in [-0.2, 0) is 33.9 Å². The number of nitrogens with zero attached hydrogens (tertiary/aromatic N) is 4. The molecule has 18 heteroatoms. The van der Waals surface area contributed by atoms with Gasteiger partial charge in [0.05, 0.1) is 25.5 Å². The van der Waals surface area contributed by atoms with E-state index in [0.717, 1.165) is 11.8 Å². The van der Waals surface area contributed by atoms with Crippen molar-refractivity contribution in [3.63, 3.8) is 0 Å².